The van der Waals surface area contributed by atoms with Gasteiger partial charge in [-0.1, -0.05) is 61.7 Å². The molecule has 0 radical (unpaired) electrons. The number of nitrogens with one attached hydrogen (secondary N) is 1. The number of carbonyl (C=O) groups is 2. The lowest BCUT2D eigenvalue weighted by Gasteiger charge is -2.47. The second-order valence-corrected chi connectivity index (χ2v) is 22.7. The van der Waals surface area contributed by atoms with Crippen LogP contribution in [0.15, 0.2) is 75.4 Å². The molecular formula is C54H64BrN7O3S. The number of hydrogen-bond donors (Lipinski definition) is 1. The quantitative estimate of drug-likeness (QED) is 0.165. The van der Waals surface area contributed by atoms with Crippen LogP contribution in [-0.2, 0) is 15.0 Å². The van der Waals surface area contributed by atoms with Crippen LogP contribution in [0.3, 0.4) is 0 Å². The van der Waals surface area contributed by atoms with Crippen molar-refractivity contribution >= 4 is 50.0 Å². The number of likely N-dealkylation sites (tertiary alicyclic amines) is 3. The van der Waals surface area contributed by atoms with Gasteiger partial charge in [-0.25, -0.2) is 4.98 Å². The number of thiazole rings is 1. The Morgan fingerprint density at radius 2 is 1.62 bits per heavy atom. The highest BCUT2D eigenvalue weighted by molar-refractivity contribution is 9.10. The predicted octanol–water partition coefficient (Wildman–Crippen LogP) is 10.1. The molecule has 5 fully saturated rings. The number of piperidine rings is 2. The topological polar surface area (TPSA) is 104 Å². The fourth-order valence-corrected chi connectivity index (χ4v) is 14.6. The van der Waals surface area contributed by atoms with Crippen LogP contribution in [0.25, 0.3) is 27.0 Å². The molecule has 6 heterocycles. The molecule has 0 bridgehead atoms. The minimum Gasteiger partial charge on any atom is -0.341 e. The van der Waals surface area contributed by atoms with Gasteiger partial charge in [0.15, 0.2) is 0 Å². The normalized spacial score (nSPS) is 22.8. The van der Waals surface area contributed by atoms with E-state index in [1.807, 2.05) is 48.6 Å². The average molecular weight is 971 g/mol. The van der Waals surface area contributed by atoms with Crippen molar-refractivity contribution in [3.8, 4) is 16.1 Å². The van der Waals surface area contributed by atoms with Gasteiger partial charge in [0.25, 0.3) is 5.56 Å². The molecule has 5 aromatic rings. The molecule has 2 aromatic heterocycles. The maximum absolute atomic E-state index is 14.5. The maximum atomic E-state index is 14.5. The summed E-state index contributed by atoms with van der Waals surface area (Å²) < 4.78 is 3.16. The van der Waals surface area contributed by atoms with Gasteiger partial charge in [0.2, 0.25) is 11.8 Å². The molecule has 2 spiro atoms. The van der Waals surface area contributed by atoms with Crippen molar-refractivity contribution in [3.05, 3.63) is 109 Å². The first-order chi connectivity index (χ1) is 32.1. The van der Waals surface area contributed by atoms with E-state index in [0.717, 1.165) is 115 Å². The zero-order valence-corrected chi connectivity index (χ0v) is 41.1. The highest BCUT2D eigenvalue weighted by Gasteiger charge is 2.47. The largest absolute Gasteiger partial charge is 0.341 e. The van der Waals surface area contributed by atoms with E-state index in [4.69, 9.17) is 4.98 Å². The Bertz CT molecular complexity index is 2680. The van der Waals surface area contributed by atoms with Crippen molar-refractivity contribution in [3.63, 3.8) is 0 Å². The predicted molar refractivity (Wildman–Crippen MR) is 266 cm³/mol. The van der Waals surface area contributed by atoms with Crippen LogP contribution in [0, 0.1) is 18.3 Å². The first-order valence-electron chi connectivity index (χ1n) is 25.0. The van der Waals surface area contributed by atoms with Crippen LogP contribution in [0.1, 0.15) is 136 Å². The SMILES string of the molecule is Cc1ncsc1-c1ccc(C(NC(=O)C2CCCN2C)C(=O)N2CCC3(CCC(CN4CCC(c5ccc6c(c5)-n5c(nc(=O)c7c(Br)cccc75)C65CCCCC5)CC4)CC3)CC2)cc1. The summed E-state index contributed by atoms with van der Waals surface area (Å²) in [6, 6.07) is 20.7. The zero-order valence-electron chi connectivity index (χ0n) is 38.7. The smallest absolute Gasteiger partial charge is 0.281 e. The summed E-state index contributed by atoms with van der Waals surface area (Å²) in [5.41, 5.74) is 9.79. The Labute approximate surface area is 401 Å². The molecule has 3 aromatic carbocycles. The molecule has 2 saturated carbocycles. The Hall–Kier alpha value is -4.23. The van der Waals surface area contributed by atoms with Gasteiger partial charge in [-0.05, 0) is 184 Å². The van der Waals surface area contributed by atoms with Crippen molar-refractivity contribution in [1.29, 1.82) is 0 Å². The van der Waals surface area contributed by atoms with E-state index in [-0.39, 0.29) is 28.8 Å². The third-order valence-corrected chi connectivity index (χ3v) is 18.9. The van der Waals surface area contributed by atoms with Gasteiger partial charge in [0.1, 0.15) is 11.9 Å². The molecule has 3 saturated heterocycles. The minimum atomic E-state index is -0.697. The Morgan fingerprint density at radius 1 is 0.864 bits per heavy atom. The third kappa shape index (κ3) is 7.99. The molecule has 2 aliphatic carbocycles. The van der Waals surface area contributed by atoms with Crippen LogP contribution in [0.4, 0.5) is 0 Å². The lowest BCUT2D eigenvalue weighted by Crippen LogP contribution is -2.51. The number of benzene rings is 3. The Balaban J connectivity index is 0.708. The number of fused-ring (bicyclic) bond motifs is 7. The molecule has 2 atom stereocenters. The van der Waals surface area contributed by atoms with Gasteiger partial charge in [0.05, 0.1) is 44.1 Å². The van der Waals surface area contributed by atoms with Crippen molar-refractivity contribution < 1.29 is 9.59 Å². The molecule has 11 rings (SSSR count). The van der Waals surface area contributed by atoms with Gasteiger partial charge in [-0.2, -0.15) is 4.98 Å². The first kappa shape index (κ1) is 44.3. The van der Waals surface area contributed by atoms with E-state index in [1.54, 1.807) is 11.3 Å². The van der Waals surface area contributed by atoms with Crippen LogP contribution in [-0.4, -0.2) is 93.4 Å². The van der Waals surface area contributed by atoms with Crippen molar-refractivity contribution in [2.24, 2.45) is 11.3 Å². The number of aromatic nitrogens is 3. The first-order valence-corrected chi connectivity index (χ1v) is 26.7. The van der Waals surface area contributed by atoms with Crippen molar-refractivity contribution in [2.45, 2.75) is 127 Å². The molecule has 6 aliphatic rings. The fourth-order valence-electron chi connectivity index (χ4n) is 13.3. The van der Waals surface area contributed by atoms with E-state index in [0.29, 0.717) is 16.7 Å². The minimum absolute atomic E-state index is 0.0193. The molecule has 12 heteroatoms. The highest BCUT2D eigenvalue weighted by Crippen LogP contribution is 2.53. The number of likely N-dealkylation sites (N-methyl/N-ethyl adjacent to an activating group) is 1. The van der Waals surface area contributed by atoms with Crippen LogP contribution in [0.2, 0.25) is 0 Å². The van der Waals surface area contributed by atoms with Crippen LogP contribution >= 0.6 is 27.3 Å². The van der Waals surface area contributed by atoms with E-state index >= 15 is 0 Å². The molecule has 66 heavy (non-hydrogen) atoms. The van der Waals surface area contributed by atoms with Gasteiger partial charge in [0, 0.05) is 24.1 Å². The standard InChI is InChI=1S/C54H64BrN7O3S/c1-35-48(66-34-56-35)39-13-11-38(12-14-39)47(57-49(63)44-10-7-27-59(44)2)51(65)61-30-25-53(26-31-61)23-17-36(18-24-53)33-60-28-19-37(20-29-60)40-15-16-41-45(32-40)62-43-9-6-8-42(55)46(43)50(64)58-52(62)54(41)21-4-3-5-22-54/h6,8-9,11-16,32,34,36-37,44,47H,3-5,7,10,17-31,33H2,1-2H3,(H,57,63). The molecular weight excluding hydrogens is 907 g/mol. The molecule has 10 nitrogen and oxygen atoms in total. The Kier molecular flexibility index (Phi) is 12.1. The summed E-state index contributed by atoms with van der Waals surface area (Å²) in [7, 11) is 2.01. The molecule has 4 aliphatic heterocycles. The van der Waals surface area contributed by atoms with Gasteiger partial charge < -0.3 is 15.1 Å². The number of nitrogens with zero attached hydrogens (tertiary/aromatic N) is 6. The van der Waals surface area contributed by atoms with Crippen LogP contribution in [0.5, 0.6) is 0 Å². The maximum Gasteiger partial charge on any atom is 0.281 e. The average Bonchev–Trinajstić information content (AvgIpc) is 4.05. The molecule has 2 amide bonds. The molecule has 346 valence electrons. The summed E-state index contributed by atoms with van der Waals surface area (Å²) in [5, 5.41) is 3.90. The summed E-state index contributed by atoms with van der Waals surface area (Å²) in [4.78, 5) is 58.9. The number of hydrogen-bond acceptors (Lipinski definition) is 8. The number of aryl methyl sites for hydroxylation is 1. The number of rotatable bonds is 8. The monoisotopic (exact) mass is 969 g/mol. The van der Waals surface area contributed by atoms with Crippen LogP contribution < -0.4 is 10.9 Å². The van der Waals surface area contributed by atoms with E-state index in [1.165, 1.54) is 81.1 Å². The van der Waals surface area contributed by atoms with E-state index in [9.17, 15) is 14.4 Å². The Morgan fingerprint density at radius 3 is 2.32 bits per heavy atom. The number of halogens is 1. The van der Waals surface area contributed by atoms with E-state index < -0.39 is 6.04 Å². The second-order valence-electron chi connectivity index (χ2n) is 20.9. The van der Waals surface area contributed by atoms with Crippen molar-refractivity contribution in [2.75, 3.05) is 46.3 Å². The number of carbonyl (C=O) groups excluding carboxylic acids is 2. The van der Waals surface area contributed by atoms with Crippen molar-refractivity contribution in [1.82, 2.24) is 34.6 Å². The van der Waals surface area contributed by atoms with Gasteiger partial charge in [-0.15, -0.1) is 11.3 Å². The summed E-state index contributed by atoms with van der Waals surface area (Å²) in [5.74, 6) is 2.17. The van der Waals surface area contributed by atoms with Gasteiger partial charge >= 0.3 is 0 Å². The highest BCUT2D eigenvalue weighted by atomic mass is 79.9. The zero-order chi connectivity index (χ0) is 45.2. The lowest BCUT2D eigenvalue weighted by molar-refractivity contribution is -0.140. The molecule has 2 unspecified atom stereocenters. The lowest BCUT2D eigenvalue weighted by atomic mass is 9.65. The fraction of sp³-hybridized carbons (Fsp3) is 0.537. The summed E-state index contributed by atoms with van der Waals surface area (Å²) in [6.07, 6.45) is 16.9. The number of amides is 2. The summed E-state index contributed by atoms with van der Waals surface area (Å²) >= 11 is 5.30. The third-order valence-electron chi connectivity index (χ3n) is 17.3. The second kappa shape index (κ2) is 18.0. The summed E-state index contributed by atoms with van der Waals surface area (Å²) in [6.45, 7) is 7.88. The van der Waals surface area contributed by atoms with E-state index in [2.05, 4.69) is 77.0 Å². The molecule has 1 N–H and O–H groups in total. The van der Waals surface area contributed by atoms with Gasteiger partial charge in [-0.3, -0.25) is 23.9 Å².